The van der Waals surface area contributed by atoms with Gasteiger partial charge in [-0.3, -0.25) is 0 Å². The van der Waals surface area contributed by atoms with Crippen LogP contribution in [-0.4, -0.2) is 67.2 Å². The van der Waals surface area contributed by atoms with Crippen LogP contribution in [0.4, 0.5) is 0 Å². The van der Waals surface area contributed by atoms with Gasteiger partial charge in [-0.1, -0.05) is 303 Å². The fourth-order valence-corrected chi connectivity index (χ4v) is 14.2. The van der Waals surface area contributed by atoms with Crippen molar-refractivity contribution in [3.8, 4) is 57.5 Å². The van der Waals surface area contributed by atoms with Crippen LogP contribution in [0.15, 0.2) is 394 Å². The first-order valence-corrected chi connectivity index (χ1v) is 43.0. The van der Waals surface area contributed by atoms with Crippen molar-refractivity contribution < 1.29 is 99.8 Å². The van der Waals surface area contributed by atoms with Gasteiger partial charge in [0.25, 0.3) is 0 Å². The van der Waals surface area contributed by atoms with Gasteiger partial charge in [-0.2, -0.15) is 0 Å². The van der Waals surface area contributed by atoms with Gasteiger partial charge < -0.3 is 75.8 Å². The van der Waals surface area contributed by atoms with Crippen LogP contribution in [-0.2, 0) is 94.5 Å². The van der Waals surface area contributed by atoms with E-state index in [1.807, 2.05) is 303 Å². The lowest BCUT2D eigenvalue weighted by molar-refractivity contribution is -0.282. The monoisotopic (exact) mass is 1760 g/mol. The molecule has 662 valence electrons. The highest BCUT2D eigenvalue weighted by atomic mass is 16.7. The quantitative estimate of drug-likeness (QED) is 0.0256. The van der Waals surface area contributed by atoms with E-state index in [0.717, 1.165) is 55.6 Å². The first-order chi connectivity index (χ1) is 64.9. The van der Waals surface area contributed by atoms with Gasteiger partial charge in [-0.15, -0.1) is 0 Å². The average Bonchev–Trinajstić information content (AvgIpc) is 0.766. The third kappa shape index (κ3) is 25.1. The number of rotatable bonds is 41. The summed E-state index contributed by atoms with van der Waals surface area (Å²) in [7, 11) is 0. The van der Waals surface area contributed by atoms with Crippen molar-refractivity contribution in [1.29, 1.82) is 0 Å². The van der Waals surface area contributed by atoms with Crippen molar-refractivity contribution in [2.75, 3.05) is 6.61 Å². The maximum atomic E-state index is 16.2. The predicted molar refractivity (Wildman–Crippen MR) is 492 cm³/mol. The van der Waals surface area contributed by atoms with E-state index in [1.54, 1.807) is 18.2 Å². The predicted octanol–water partition coefficient (Wildman–Crippen LogP) is 21.9. The largest absolute Gasteiger partial charge is 0.485 e. The highest BCUT2D eigenvalue weighted by molar-refractivity contribution is 5.94. The Balaban J connectivity index is 0.830. The third-order valence-electron chi connectivity index (χ3n) is 21.2. The lowest BCUT2D eigenvalue weighted by Crippen LogP contribution is -2.63. The van der Waals surface area contributed by atoms with Gasteiger partial charge in [0.05, 0.1) is 27.8 Å². The summed E-state index contributed by atoms with van der Waals surface area (Å²) in [5, 5.41) is 0. The first-order valence-electron chi connectivity index (χ1n) is 43.0. The van der Waals surface area contributed by atoms with Crippen LogP contribution < -0.4 is 47.4 Å². The Hall–Kier alpha value is -16.4. The van der Waals surface area contributed by atoms with E-state index in [9.17, 15) is 0 Å². The molecular weight excluding hydrogens is 1670 g/mol. The SMILES string of the molecule is O=C(OC[C@H]1O[C@H](OC(=O)c2ccc(OCc3ccccc3)c(OCc3ccccc3)c2)[C@H](OC(=O)c2ccc(OCc3ccccc3)c(OCc3ccccc3)c2)[C@@H](OC(=O)c2ccc(OCc3ccccc3)c(OCc3ccccc3)c2)[C@@H]1OC(=O)c1ccc(OCc2ccccc2)c(OCc2ccccc2)c1)c1ccc(OCc2ccccc2)c(OCc2ccccc2)c1. The molecule has 1 heterocycles. The molecule has 1 fully saturated rings. The molecule has 0 bridgehead atoms. The molecule has 16 rings (SSSR count). The Morgan fingerprint density at radius 3 is 0.591 bits per heavy atom. The van der Waals surface area contributed by atoms with Crippen LogP contribution in [0.25, 0.3) is 0 Å². The minimum atomic E-state index is -2.21. The standard InChI is InChI=1S/C111H92O21/c112-106(87-51-56-92(117-66-77-31-11-1-12-32-77)97(61-87)122-71-82-41-21-6-22-42-82)127-76-102-103(129-107(113)88-52-57-93(118-67-78-33-13-2-14-34-78)98(62-88)123-72-83-43-23-7-24-44-83)104(130-108(114)89-53-58-94(119-68-79-35-15-3-16-36-79)99(63-89)124-73-84-45-25-8-26-46-84)105(131-109(115)90-54-59-95(120-69-80-37-17-4-18-38-80)100(64-90)125-74-85-47-27-9-28-48-85)111(128-102)132-110(116)91-55-60-96(121-70-81-39-19-5-20-40-81)101(65-91)126-75-86-49-29-10-30-50-86/h1-65,102-105,111H,66-76H2/t102-,103-,104+,105-,111-/m1/s1. The van der Waals surface area contributed by atoms with Crippen LogP contribution in [0.3, 0.4) is 0 Å². The van der Waals surface area contributed by atoms with Crippen LogP contribution in [0.5, 0.6) is 57.5 Å². The van der Waals surface area contributed by atoms with Crippen molar-refractivity contribution in [2.24, 2.45) is 0 Å². The summed E-state index contributed by atoms with van der Waals surface area (Å²) in [6.07, 6.45) is -10.4. The van der Waals surface area contributed by atoms with E-state index in [2.05, 4.69) is 0 Å². The molecule has 15 aromatic rings. The molecule has 21 heteroatoms. The number of hydrogen-bond donors (Lipinski definition) is 0. The van der Waals surface area contributed by atoms with Crippen LogP contribution in [0.2, 0.25) is 0 Å². The molecule has 0 spiro atoms. The number of benzene rings is 15. The average molecular weight is 1760 g/mol. The molecule has 0 radical (unpaired) electrons. The van der Waals surface area contributed by atoms with Gasteiger partial charge in [0, 0.05) is 0 Å². The molecular formula is C111H92O21. The lowest BCUT2D eigenvalue weighted by atomic mass is 9.97. The molecule has 0 saturated carbocycles. The Kier molecular flexibility index (Phi) is 30.6. The minimum Gasteiger partial charge on any atom is -0.485 e. The van der Waals surface area contributed by atoms with Gasteiger partial charge in [0.2, 0.25) is 12.4 Å². The Morgan fingerprint density at radius 2 is 0.371 bits per heavy atom. The van der Waals surface area contributed by atoms with Crippen molar-refractivity contribution in [3.05, 3.63) is 478 Å². The van der Waals surface area contributed by atoms with Crippen LogP contribution in [0.1, 0.15) is 107 Å². The molecule has 0 unspecified atom stereocenters. The molecule has 1 saturated heterocycles. The zero-order valence-corrected chi connectivity index (χ0v) is 71.8. The molecule has 132 heavy (non-hydrogen) atoms. The third-order valence-corrected chi connectivity index (χ3v) is 21.2. The van der Waals surface area contributed by atoms with E-state index in [1.165, 1.54) is 72.8 Å². The second-order valence-electron chi connectivity index (χ2n) is 30.7. The highest BCUT2D eigenvalue weighted by Crippen LogP contribution is 2.40. The molecule has 1 aliphatic rings. The Bertz CT molecular complexity index is 6270. The van der Waals surface area contributed by atoms with Gasteiger partial charge in [-0.25, -0.2) is 24.0 Å². The van der Waals surface area contributed by atoms with Gasteiger partial charge in [0.1, 0.15) is 78.8 Å². The second-order valence-corrected chi connectivity index (χ2v) is 30.7. The van der Waals surface area contributed by atoms with Crippen molar-refractivity contribution in [3.63, 3.8) is 0 Å². The summed E-state index contributed by atoms with van der Waals surface area (Å²) in [5.41, 5.74) is 7.50. The molecule has 0 aliphatic carbocycles. The summed E-state index contributed by atoms with van der Waals surface area (Å²) in [5.74, 6) is -3.54. The summed E-state index contributed by atoms with van der Waals surface area (Å²) in [4.78, 5) is 79.4. The van der Waals surface area contributed by atoms with Gasteiger partial charge in [-0.05, 0) is 147 Å². The van der Waals surface area contributed by atoms with Crippen molar-refractivity contribution in [2.45, 2.75) is 96.8 Å². The van der Waals surface area contributed by atoms with E-state index in [-0.39, 0.29) is 146 Å². The van der Waals surface area contributed by atoms with Crippen molar-refractivity contribution in [1.82, 2.24) is 0 Å². The Morgan fingerprint density at radius 1 is 0.189 bits per heavy atom. The number of carbonyl (C=O) groups excluding carboxylic acids is 5. The Labute approximate surface area is 764 Å². The normalized spacial score (nSPS) is 14.3. The fourth-order valence-electron chi connectivity index (χ4n) is 14.2. The summed E-state index contributed by atoms with van der Waals surface area (Å²) >= 11 is 0. The lowest BCUT2D eigenvalue weighted by Gasteiger charge is -2.44. The topological polar surface area (TPSA) is 233 Å². The molecule has 5 atom stereocenters. The van der Waals surface area contributed by atoms with Crippen LogP contribution in [0, 0.1) is 0 Å². The van der Waals surface area contributed by atoms with E-state index < -0.39 is 67.2 Å². The maximum absolute atomic E-state index is 16.2. The summed E-state index contributed by atoms with van der Waals surface area (Å²) in [6, 6.07) is 116. The van der Waals surface area contributed by atoms with E-state index in [0.29, 0.717) is 5.75 Å². The minimum absolute atomic E-state index is 0.0150. The number of hydrogen-bond acceptors (Lipinski definition) is 21. The molecule has 0 amide bonds. The van der Waals surface area contributed by atoms with E-state index in [4.69, 9.17) is 75.8 Å². The van der Waals surface area contributed by atoms with Crippen LogP contribution >= 0.6 is 0 Å². The van der Waals surface area contributed by atoms with Crippen molar-refractivity contribution >= 4 is 29.8 Å². The molecule has 0 N–H and O–H groups in total. The summed E-state index contributed by atoms with van der Waals surface area (Å²) in [6.45, 7) is -0.160. The zero-order chi connectivity index (χ0) is 90.3. The number of ether oxygens (including phenoxy) is 16. The fraction of sp³-hybridized carbons (Fsp3) is 0.144. The molecule has 21 nitrogen and oxygen atoms in total. The van der Waals surface area contributed by atoms with Gasteiger partial charge >= 0.3 is 29.8 Å². The molecule has 0 aromatic heterocycles. The number of carbonyl (C=O) groups is 5. The zero-order valence-electron chi connectivity index (χ0n) is 71.8. The van der Waals surface area contributed by atoms with E-state index >= 15 is 24.0 Å². The van der Waals surface area contributed by atoms with Gasteiger partial charge in [0.15, 0.2) is 69.7 Å². The molecule has 1 aliphatic heterocycles. The second kappa shape index (κ2) is 45.3. The first kappa shape index (κ1) is 89.0. The maximum Gasteiger partial charge on any atom is 0.340 e. The smallest absolute Gasteiger partial charge is 0.340 e. The number of esters is 5. The summed E-state index contributed by atoms with van der Waals surface area (Å²) < 4.78 is 105. The molecule has 15 aromatic carbocycles. The highest BCUT2D eigenvalue weighted by Gasteiger charge is 2.55.